The van der Waals surface area contributed by atoms with E-state index in [0.29, 0.717) is 13.2 Å². The fraction of sp³-hybridized carbons (Fsp3) is 0.500. The van der Waals surface area contributed by atoms with E-state index in [0.717, 1.165) is 39.8 Å². The highest BCUT2D eigenvalue weighted by atomic mass is 32.1. The number of thiazole rings is 1. The van der Waals surface area contributed by atoms with Crippen molar-refractivity contribution in [3.8, 4) is 11.5 Å². The van der Waals surface area contributed by atoms with Crippen molar-refractivity contribution in [3.05, 3.63) is 12.1 Å². The maximum atomic E-state index is 5.66. The van der Waals surface area contributed by atoms with Gasteiger partial charge in [-0.15, -0.1) is 0 Å². The molecule has 2 rings (SSSR count). The highest BCUT2D eigenvalue weighted by Gasteiger charge is 2.13. The van der Waals surface area contributed by atoms with Gasteiger partial charge in [0.05, 0.1) is 13.2 Å². The largest absolute Gasteiger partial charge is 0.492 e. The molecule has 1 aromatic carbocycles. The highest BCUT2D eigenvalue weighted by molar-refractivity contribution is 7.22. The molecule has 1 aromatic heterocycles. The molecule has 5 heteroatoms. The zero-order valence-electron chi connectivity index (χ0n) is 11.7. The van der Waals surface area contributed by atoms with Crippen LogP contribution in [-0.4, -0.2) is 24.7 Å². The molecule has 0 radical (unpaired) electrons. The lowest BCUT2D eigenvalue weighted by Gasteiger charge is -2.07. The Kier molecular flexibility index (Phi) is 4.85. The zero-order valence-corrected chi connectivity index (χ0v) is 12.5. The summed E-state index contributed by atoms with van der Waals surface area (Å²) in [4.78, 5) is 4.61. The highest BCUT2D eigenvalue weighted by Crippen LogP contribution is 2.39. The van der Waals surface area contributed by atoms with Crippen LogP contribution in [0.2, 0.25) is 0 Å². The number of rotatable bonds is 7. The van der Waals surface area contributed by atoms with Crippen LogP contribution in [0.25, 0.3) is 10.2 Å². The third-order valence-corrected chi connectivity index (χ3v) is 3.62. The van der Waals surface area contributed by atoms with Crippen LogP contribution < -0.4 is 14.8 Å². The van der Waals surface area contributed by atoms with Crippen LogP contribution in [-0.2, 0) is 0 Å². The molecule has 4 nitrogen and oxygen atoms in total. The van der Waals surface area contributed by atoms with Crippen molar-refractivity contribution in [2.24, 2.45) is 0 Å². The molecule has 0 amide bonds. The lowest BCUT2D eigenvalue weighted by Crippen LogP contribution is -1.98. The van der Waals surface area contributed by atoms with Gasteiger partial charge in [-0.25, -0.2) is 4.98 Å². The summed E-state index contributed by atoms with van der Waals surface area (Å²) in [6.07, 6.45) is 1.08. The molecule has 104 valence electrons. The number of hydrogen-bond acceptors (Lipinski definition) is 5. The predicted octanol–water partition coefficient (Wildman–Crippen LogP) is 3.92. The van der Waals surface area contributed by atoms with Gasteiger partial charge >= 0.3 is 0 Å². The van der Waals surface area contributed by atoms with E-state index in [1.807, 2.05) is 26.0 Å². The van der Waals surface area contributed by atoms with Crippen molar-refractivity contribution in [1.29, 1.82) is 0 Å². The van der Waals surface area contributed by atoms with E-state index < -0.39 is 0 Å². The van der Waals surface area contributed by atoms with Crippen molar-refractivity contribution < 1.29 is 9.47 Å². The Morgan fingerprint density at radius 2 is 1.79 bits per heavy atom. The normalized spacial score (nSPS) is 10.7. The number of anilines is 1. The van der Waals surface area contributed by atoms with Gasteiger partial charge in [-0.1, -0.05) is 18.3 Å². The van der Waals surface area contributed by atoms with Crippen molar-refractivity contribution in [1.82, 2.24) is 4.98 Å². The minimum absolute atomic E-state index is 0.637. The van der Waals surface area contributed by atoms with Crippen molar-refractivity contribution in [2.75, 3.05) is 25.1 Å². The van der Waals surface area contributed by atoms with Gasteiger partial charge in [0, 0.05) is 6.54 Å². The Balaban J connectivity index is 2.43. The molecule has 0 fully saturated rings. The number of ether oxygens (including phenoxy) is 2. The molecule has 0 aliphatic carbocycles. The number of fused-ring (bicyclic) bond motifs is 1. The van der Waals surface area contributed by atoms with E-state index in [1.54, 1.807) is 11.3 Å². The monoisotopic (exact) mass is 280 g/mol. The molecular weight excluding hydrogens is 260 g/mol. The van der Waals surface area contributed by atoms with Gasteiger partial charge in [0.2, 0.25) is 0 Å². The summed E-state index contributed by atoms with van der Waals surface area (Å²) < 4.78 is 12.3. The summed E-state index contributed by atoms with van der Waals surface area (Å²) in [5, 5.41) is 4.24. The molecule has 2 aromatic rings. The molecule has 0 spiro atoms. The summed E-state index contributed by atoms with van der Waals surface area (Å²) in [5.74, 6) is 1.70. The number of hydrogen-bond donors (Lipinski definition) is 1. The molecular formula is C14H20N2O2S. The van der Waals surface area contributed by atoms with Crippen LogP contribution >= 0.6 is 11.3 Å². The average molecular weight is 280 g/mol. The van der Waals surface area contributed by atoms with Crippen molar-refractivity contribution in [2.45, 2.75) is 27.2 Å². The summed E-state index contributed by atoms with van der Waals surface area (Å²) >= 11 is 1.62. The molecule has 0 saturated carbocycles. The van der Waals surface area contributed by atoms with Crippen LogP contribution in [0.1, 0.15) is 27.2 Å². The standard InChI is InChI=1S/C14H20N2O2S/c1-4-9-15-14-16-12-10(17-5-2)7-8-11(18-6-3)13(12)19-14/h7-8H,4-6,9H2,1-3H3,(H,15,16). The fourth-order valence-electron chi connectivity index (χ4n) is 1.81. The SMILES string of the molecule is CCCNc1nc2c(OCC)ccc(OCC)c2s1. The van der Waals surface area contributed by atoms with Crippen LogP contribution in [0, 0.1) is 0 Å². The Morgan fingerprint density at radius 1 is 1.11 bits per heavy atom. The van der Waals surface area contributed by atoms with Crippen LogP contribution in [0.4, 0.5) is 5.13 Å². The van der Waals surface area contributed by atoms with Gasteiger partial charge in [-0.3, -0.25) is 0 Å². The van der Waals surface area contributed by atoms with Gasteiger partial charge in [0.25, 0.3) is 0 Å². The zero-order chi connectivity index (χ0) is 13.7. The maximum absolute atomic E-state index is 5.66. The average Bonchev–Trinajstić information content (AvgIpc) is 2.84. The first-order chi connectivity index (χ1) is 9.30. The van der Waals surface area contributed by atoms with E-state index in [9.17, 15) is 0 Å². The Labute approximate surface area is 117 Å². The van der Waals surface area contributed by atoms with E-state index in [4.69, 9.17) is 9.47 Å². The second-order valence-corrected chi connectivity index (χ2v) is 5.05. The quantitative estimate of drug-likeness (QED) is 0.835. The number of nitrogens with one attached hydrogen (secondary N) is 1. The first-order valence-corrected chi connectivity index (χ1v) is 7.54. The lowest BCUT2D eigenvalue weighted by atomic mass is 10.3. The molecule has 0 bridgehead atoms. The first-order valence-electron chi connectivity index (χ1n) is 6.73. The number of nitrogens with zero attached hydrogens (tertiary/aromatic N) is 1. The Hall–Kier alpha value is -1.49. The second kappa shape index (κ2) is 6.61. The lowest BCUT2D eigenvalue weighted by molar-refractivity contribution is 0.336. The molecule has 19 heavy (non-hydrogen) atoms. The number of benzene rings is 1. The maximum Gasteiger partial charge on any atom is 0.184 e. The van der Waals surface area contributed by atoms with Gasteiger partial charge < -0.3 is 14.8 Å². The van der Waals surface area contributed by atoms with Crippen molar-refractivity contribution >= 4 is 26.7 Å². The molecule has 1 heterocycles. The summed E-state index contributed by atoms with van der Waals surface area (Å²) in [5.41, 5.74) is 0.886. The topological polar surface area (TPSA) is 43.4 Å². The third-order valence-electron chi connectivity index (χ3n) is 2.60. The molecule has 0 aliphatic rings. The minimum Gasteiger partial charge on any atom is -0.492 e. The Bertz CT molecular complexity index is 496. The van der Waals surface area contributed by atoms with Gasteiger partial charge in [-0.05, 0) is 32.4 Å². The minimum atomic E-state index is 0.637. The van der Waals surface area contributed by atoms with Crippen molar-refractivity contribution in [3.63, 3.8) is 0 Å². The van der Waals surface area contributed by atoms with E-state index >= 15 is 0 Å². The molecule has 0 saturated heterocycles. The first kappa shape index (κ1) is 13.9. The molecule has 1 N–H and O–H groups in total. The smallest absolute Gasteiger partial charge is 0.184 e. The summed E-state index contributed by atoms with van der Waals surface area (Å²) in [7, 11) is 0. The van der Waals surface area contributed by atoms with Crippen LogP contribution in [0.15, 0.2) is 12.1 Å². The van der Waals surface area contributed by atoms with Gasteiger partial charge in [0.15, 0.2) is 5.13 Å². The Morgan fingerprint density at radius 3 is 2.47 bits per heavy atom. The molecule has 0 atom stereocenters. The van der Waals surface area contributed by atoms with E-state index in [2.05, 4.69) is 17.2 Å². The fourth-order valence-corrected chi connectivity index (χ4v) is 2.78. The molecule has 0 aliphatic heterocycles. The summed E-state index contributed by atoms with van der Waals surface area (Å²) in [6, 6.07) is 3.89. The second-order valence-electron chi connectivity index (χ2n) is 4.05. The molecule has 0 unspecified atom stereocenters. The van der Waals surface area contributed by atoms with E-state index in [-0.39, 0.29) is 0 Å². The van der Waals surface area contributed by atoms with Crippen LogP contribution in [0.3, 0.4) is 0 Å². The van der Waals surface area contributed by atoms with Gasteiger partial charge in [-0.2, -0.15) is 0 Å². The number of aromatic nitrogens is 1. The third kappa shape index (κ3) is 3.10. The predicted molar refractivity (Wildman–Crippen MR) is 80.7 cm³/mol. The van der Waals surface area contributed by atoms with Crippen LogP contribution in [0.5, 0.6) is 11.5 Å². The summed E-state index contributed by atoms with van der Waals surface area (Å²) in [6.45, 7) is 8.31. The van der Waals surface area contributed by atoms with Gasteiger partial charge in [0.1, 0.15) is 21.7 Å². The van der Waals surface area contributed by atoms with E-state index in [1.165, 1.54) is 0 Å².